The van der Waals surface area contributed by atoms with Gasteiger partial charge in [-0.1, -0.05) is 11.6 Å². The number of nitrogens with two attached hydrogens (primary N) is 1. The molecule has 0 spiro atoms. The van der Waals surface area contributed by atoms with Gasteiger partial charge in [0, 0.05) is 6.20 Å². The van der Waals surface area contributed by atoms with Gasteiger partial charge in [-0.3, -0.25) is 9.82 Å². The van der Waals surface area contributed by atoms with Gasteiger partial charge in [0.1, 0.15) is 10.7 Å². The number of nitrogen functional groups attached to an aromatic ring is 1. The van der Waals surface area contributed by atoms with Crippen molar-refractivity contribution in [3.63, 3.8) is 0 Å². The van der Waals surface area contributed by atoms with Crippen LogP contribution >= 0.6 is 11.6 Å². The molecule has 0 bridgehead atoms. The summed E-state index contributed by atoms with van der Waals surface area (Å²) in [5.74, 6) is -0.0424. The molecule has 0 atom stereocenters. The van der Waals surface area contributed by atoms with Crippen LogP contribution in [0.15, 0.2) is 23.4 Å². The van der Waals surface area contributed by atoms with Crippen molar-refractivity contribution in [2.45, 2.75) is 11.8 Å². The highest BCUT2D eigenvalue weighted by Crippen LogP contribution is 2.24. The Morgan fingerprint density at radius 3 is 2.78 bits per heavy atom. The lowest BCUT2D eigenvalue weighted by Crippen LogP contribution is -2.14. The van der Waals surface area contributed by atoms with Crippen LogP contribution in [0.3, 0.4) is 0 Å². The number of aromatic nitrogens is 3. The van der Waals surface area contributed by atoms with Crippen molar-refractivity contribution < 1.29 is 8.42 Å². The minimum absolute atomic E-state index is 0.0424. The zero-order valence-corrected chi connectivity index (χ0v) is 10.9. The zero-order valence-electron chi connectivity index (χ0n) is 9.31. The van der Waals surface area contributed by atoms with Gasteiger partial charge in [0.2, 0.25) is 0 Å². The van der Waals surface area contributed by atoms with Gasteiger partial charge in [-0.25, -0.2) is 13.4 Å². The third kappa shape index (κ3) is 2.39. The molecule has 0 saturated heterocycles. The molecule has 4 N–H and O–H groups in total. The van der Waals surface area contributed by atoms with Crippen LogP contribution in [0.25, 0.3) is 0 Å². The van der Waals surface area contributed by atoms with Crippen LogP contribution in [0.5, 0.6) is 0 Å². The van der Waals surface area contributed by atoms with Crippen LogP contribution in [0.2, 0.25) is 5.15 Å². The maximum absolute atomic E-state index is 12.0. The number of rotatable bonds is 3. The van der Waals surface area contributed by atoms with E-state index in [2.05, 4.69) is 19.9 Å². The predicted molar refractivity (Wildman–Crippen MR) is 67.8 cm³/mol. The molecule has 7 nitrogen and oxygen atoms in total. The zero-order chi connectivity index (χ0) is 13.3. The normalized spacial score (nSPS) is 11.4. The van der Waals surface area contributed by atoms with E-state index in [4.69, 9.17) is 17.3 Å². The fourth-order valence-electron chi connectivity index (χ4n) is 1.32. The number of aromatic amines is 1. The molecule has 0 saturated carbocycles. The van der Waals surface area contributed by atoms with Crippen molar-refractivity contribution in [2.75, 3.05) is 10.5 Å². The molecule has 2 heterocycles. The van der Waals surface area contributed by atoms with E-state index in [1.54, 1.807) is 13.0 Å². The molecular weight excluding hydrogens is 278 g/mol. The smallest absolute Gasteiger partial charge is 0.267 e. The number of hydrogen-bond donors (Lipinski definition) is 3. The fourth-order valence-corrected chi connectivity index (χ4v) is 2.61. The lowest BCUT2D eigenvalue weighted by Gasteiger charge is -2.08. The Morgan fingerprint density at radius 2 is 2.17 bits per heavy atom. The lowest BCUT2D eigenvalue weighted by molar-refractivity contribution is 0.601. The van der Waals surface area contributed by atoms with Gasteiger partial charge in [-0.15, -0.1) is 0 Å². The number of hydrogen-bond acceptors (Lipinski definition) is 5. The van der Waals surface area contributed by atoms with Crippen molar-refractivity contribution in [1.82, 2.24) is 15.2 Å². The fraction of sp³-hybridized carbons (Fsp3) is 0.111. The van der Waals surface area contributed by atoms with Crippen molar-refractivity contribution >= 4 is 33.1 Å². The van der Waals surface area contributed by atoms with Crippen molar-refractivity contribution in [3.8, 4) is 0 Å². The van der Waals surface area contributed by atoms with Crippen molar-refractivity contribution in [3.05, 3.63) is 29.2 Å². The molecule has 0 aromatic carbocycles. The molecule has 0 amide bonds. The first-order valence-electron chi connectivity index (χ1n) is 4.84. The van der Waals surface area contributed by atoms with E-state index in [9.17, 15) is 8.42 Å². The third-order valence-electron chi connectivity index (χ3n) is 2.14. The Balaban J connectivity index is 2.40. The second-order valence-corrected chi connectivity index (χ2v) is 5.61. The van der Waals surface area contributed by atoms with Gasteiger partial charge in [0.15, 0.2) is 5.15 Å². The van der Waals surface area contributed by atoms with Gasteiger partial charge in [0.05, 0.1) is 11.9 Å². The molecule has 2 aromatic heterocycles. The van der Waals surface area contributed by atoms with Gasteiger partial charge in [-0.05, 0) is 18.6 Å². The van der Waals surface area contributed by atoms with Gasteiger partial charge >= 0.3 is 0 Å². The first-order valence-corrected chi connectivity index (χ1v) is 6.70. The first-order chi connectivity index (χ1) is 8.40. The summed E-state index contributed by atoms with van der Waals surface area (Å²) < 4.78 is 26.3. The number of aryl methyl sites for hydroxylation is 1. The molecular formula is C9H10ClN5O2S. The highest BCUT2D eigenvalue weighted by molar-refractivity contribution is 7.92. The average molecular weight is 288 g/mol. The van der Waals surface area contributed by atoms with Crippen LogP contribution in [-0.2, 0) is 10.0 Å². The molecule has 2 aromatic rings. The number of anilines is 2. The molecule has 0 aliphatic heterocycles. The first kappa shape index (κ1) is 12.7. The van der Waals surface area contributed by atoms with Crippen LogP contribution in [0.4, 0.5) is 11.5 Å². The minimum Gasteiger partial charge on any atom is -0.383 e. The maximum atomic E-state index is 12.0. The van der Waals surface area contributed by atoms with Crippen molar-refractivity contribution in [1.29, 1.82) is 0 Å². The molecule has 0 unspecified atom stereocenters. The van der Waals surface area contributed by atoms with Crippen LogP contribution in [0, 0.1) is 6.92 Å². The number of sulfonamides is 1. The molecule has 2 rings (SSSR count). The number of pyridine rings is 1. The van der Waals surface area contributed by atoms with E-state index >= 15 is 0 Å². The molecule has 0 radical (unpaired) electrons. The largest absolute Gasteiger partial charge is 0.383 e. The standard InChI is InChI=1S/C9H10ClN5O2S/c1-5-2-6(8(10)12-3-5)15-18(16,17)7-4-13-14-9(7)11/h2-4,15H,1H3,(H3,11,13,14). The van der Waals surface area contributed by atoms with Crippen LogP contribution < -0.4 is 10.5 Å². The highest BCUT2D eigenvalue weighted by atomic mass is 35.5. The van der Waals surface area contributed by atoms with E-state index in [1.165, 1.54) is 6.20 Å². The predicted octanol–water partition coefficient (Wildman–Crippen LogP) is 1.15. The van der Waals surface area contributed by atoms with E-state index in [1.807, 2.05) is 0 Å². The Kier molecular flexibility index (Phi) is 3.14. The van der Waals surface area contributed by atoms with E-state index in [0.717, 1.165) is 11.8 Å². The van der Waals surface area contributed by atoms with Crippen LogP contribution in [-0.4, -0.2) is 23.6 Å². The van der Waals surface area contributed by atoms with E-state index in [0.29, 0.717) is 0 Å². The number of nitrogens with zero attached hydrogens (tertiary/aromatic N) is 2. The Bertz CT molecular complexity index is 682. The Morgan fingerprint density at radius 1 is 1.44 bits per heavy atom. The Hall–Kier alpha value is -1.80. The van der Waals surface area contributed by atoms with E-state index in [-0.39, 0.29) is 21.6 Å². The summed E-state index contributed by atoms with van der Waals surface area (Å²) >= 11 is 5.81. The molecule has 18 heavy (non-hydrogen) atoms. The average Bonchev–Trinajstić information content (AvgIpc) is 2.70. The number of H-pyrrole nitrogens is 1. The van der Waals surface area contributed by atoms with Gasteiger partial charge < -0.3 is 5.73 Å². The summed E-state index contributed by atoms with van der Waals surface area (Å²) in [5, 5.41) is 5.96. The minimum atomic E-state index is -3.83. The summed E-state index contributed by atoms with van der Waals surface area (Å²) in [6.45, 7) is 1.77. The highest BCUT2D eigenvalue weighted by Gasteiger charge is 2.20. The monoisotopic (exact) mass is 287 g/mol. The summed E-state index contributed by atoms with van der Waals surface area (Å²) in [5.41, 5.74) is 6.43. The molecule has 0 aliphatic rings. The summed E-state index contributed by atoms with van der Waals surface area (Å²) in [7, 11) is -3.83. The van der Waals surface area contributed by atoms with Crippen LogP contribution in [0.1, 0.15) is 5.56 Å². The second kappa shape index (κ2) is 4.46. The summed E-state index contributed by atoms with van der Waals surface area (Å²) in [6.07, 6.45) is 2.65. The summed E-state index contributed by atoms with van der Waals surface area (Å²) in [4.78, 5) is 3.71. The molecule has 0 fully saturated rings. The third-order valence-corrected chi connectivity index (χ3v) is 3.84. The molecule has 0 aliphatic carbocycles. The molecule has 9 heteroatoms. The Labute approximate surface area is 108 Å². The van der Waals surface area contributed by atoms with E-state index < -0.39 is 10.0 Å². The molecule has 96 valence electrons. The van der Waals surface area contributed by atoms with Gasteiger partial charge in [0.25, 0.3) is 10.0 Å². The quantitative estimate of drug-likeness (QED) is 0.733. The summed E-state index contributed by atoms with van der Waals surface area (Å²) in [6, 6.07) is 1.57. The van der Waals surface area contributed by atoms with Crippen molar-refractivity contribution in [2.24, 2.45) is 0 Å². The second-order valence-electron chi connectivity index (χ2n) is 3.60. The topological polar surface area (TPSA) is 114 Å². The number of halogens is 1. The van der Waals surface area contributed by atoms with Gasteiger partial charge in [-0.2, -0.15) is 5.10 Å². The maximum Gasteiger partial charge on any atom is 0.267 e. The number of nitrogens with one attached hydrogen (secondary N) is 2. The SMILES string of the molecule is Cc1cnc(Cl)c(NS(=O)(=O)c2cn[nH]c2N)c1. The lowest BCUT2D eigenvalue weighted by atomic mass is 10.3.